The Bertz CT molecular complexity index is 1540. The highest BCUT2D eigenvalue weighted by molar-refractivity contribution is 9.10. The second-order valence-corrected chi connectivity index (χ2v) is 14.6. The van der Waals surface area contributed by atoms with Crippen LogP contribution in [0.2, 0.25) is 0 Å². The minimum absolute atomic E-state index is 0.0185. The number of anilines is 1. The summed E-state index contributed by atoms with van der Waals surface area (Å²) in [6.07, 6.45) is 4.29. The molecule has 14 heteroatoms. The summed E-state index contributed by atoms with van der Waals surface area (Å²) in [6.45, 7) is 3.05. The zero-order chi connectivity index (χ0) is 34.7. The molecule has 4 aliphatic heterocycles. The highest BCUT2D eigenvalue weighted by Crippen LogP contribution is 2.29. The highest BCUT2D eigenvalue weighted by Gasteiger charge is 2.39. The fourth-order valence-corrected chi connectivity index (χ4v) is 8.50. The maximum Gasteiger partial charge on any atom is 0.410 e. The summed E-state index contributed by atoms with van der Waals surface area (Å²) in [7, 11) is 1.77. The summed E-state index contributed by atoms with van der Waals surface area (Å²) in [5.41, 5.74) is 3.32. The Hall–Kier alpha value is -3.78. The van der Waals surface area contributed by atoms with Crippen LogP contribution < -0.4 is 10.8 Å². The van der Waals surface area contributed by atoms with Crippen molar-refractivity contribution in [2.24, 2.45) is 0 Å². The van der Waals surface area contributed by atoms with Gasteiger partial charge in [0.2, 0.25) is 0 Å². The van der Waals surface area contributed by atoms with Gasteiger partial charge in [-0.15, -0.1) is 0 Å². The first kappa shape index (κ1) is 35.1. The van der Waals surface area contributed by atoms with Gasteiger partial charge >= 0.3 is 18.1 Å². The fraction of sp³-hybridized carbons (Fsp3) is 0.543. The first-order valence-corrected chi connectivity index (χ1v) is 18.2. The molecule has 49 heavy (non-hydrogen) atoms. The summed E-state index contributed by atoms with van der Waals surface area (Å²) >= 11 is 3.39. The number of carbonyl (C=O) groups is 4. The van der Waals surface area contributed by atoms with Crippen LogP contribution in [0.1, 0.15) is 56.1 Å². The molecule has 0 saturated carbocycles. The number of hydrogen-bond donors (Lipinski definition) is 3. The second-order valence-electron chi connectivity index (χ2n) is 13.7. The molecule has 0 radical (unpaired) electrons. The van der Waals surface area contributed by atoms with Crippen LogP contribution in [0.15, 0.2) is 40.9 Å². The number of rotatable bonds is 7. The van der Waals surface area contributed by atoms with Gasteiger partial charge in [0.1, 0.15) is 19.6 Å². The van der Waals surface area contributed by atoms with Crippen LogP contribution in [0, 0.1) is 0 Å². The number of carboxylic acid groups (broad SMARTS) is 1. The SMILES string of the molecule is Bc1cc(C[C@@H](OC(=O)N2CCC(N3CCc4ccccc4NC3=O)CC2)C(=O)N2CCC(N3CCCC[C@H]3C(=O)O)CC2)cc(Br)c1O. The Balaban J connectivity index is 1.09. The van der Waals surface area contributed by atoms with E-state index in [2.05, 4.69) is 26.1 Å². The topological polar surface area (TPSA) is 143 Å². The second kappa shape index (κ2) is 15.4. The third kappa shape index (κ3) is 8.01. The number of para-hydroxylation sites is 1. The van der Waals surface area contributed by atoms with Gasteiger partial charge in [0, 0.05) is 56.9 Å². The number of benzene rings is 2. The number of urea groups is 1. The number of hydrogen-bond acceptors (Lipinski definition) is 7. The van der Waals surface area contributed by atoms with E-state index in [-0.39, 0.29) is 36.2 Å². The van der Waals surface area contributed by atoms with E-state index in [1.165, 1.54) is 0 Å². The Morgan fingerprint density at radius 1 is 0.939 bits per heavy atom. The number of carbonyl (C=O) groups excluding carboxylic acids is 3. The van der Waals surface area contributed by atoms with Crippen LogP contribution in [0.25, 0.3) is 0 Å². The first-order chi connectivity index (χ1) is 23.6. The van der Waals surface area contributed by atoms with Gasteiger partial charge in [-0.25, -0.2) is 9.59 Å². The predicted molar refractivity (Wildman–Crippen MR) is 190 cm³/mol. The third-order valence-electron chi connectivity index (χ3n) is 10.6. The van der Waals surface area contributed by atoms with Gasteiger partial charge in [-0.05, 0) is 96.1 Å². The number of phenols is 1. The number of phenolic OH excluding ortho intramolecular Hbond substituents is 1. The number of halogens is 1. The molecule has 262 valence electrons. The molecule has 6 rings (SSSR count). The Morgan fingerprint density at radius 2 is 1.63 bits per heavy atom. The molecule has 4 aliphatic rings. The molecule has 2 aromatic rings. The van der Waals surface area contributed by atoms with E-state index in [4.69, 9.17) is 4.74 Å². The van der Waals surface area contributed by atoms with Crippen LogP contribution in [-0.4, -0.2) is 125 Å². The van der Waals surface area contributed by atoms with Gasteiger partial charge in [-0.1, -0.05) is 30.7 Å². The molecule has 3 N–H and O–H groups in total. The number of carboxylic acids is 1. The van der Waals surface area contributed by atoms with E-state index < -0.39 is 24.2 Å². The molecular formula is C35H45BBrN5O7. The molecule has 3 fully saturated rings. The van der Waals surface area contributed by atoms with E-state index in [1.807, 2.05) is 29.2 Å². The maximum atomic E-state index is 14.0. The molecule has 4 heterocycles. The summed E-state index contributed by atoms with van der Waals surface area (Å²) in [4.78, 5) is 60.0. The van der Waals surface area contributed by atoms with Crippen molar-refractivity contribution in [1.82, 2.24) is 19.6 Å². The zero-order valence-corrected chi connectivity index (χ0v) is 29.6. The lowest BCUT2D eigenvalue weighted by atomic mass is 9.91. The van der Waals surface area contributed by atoms with Crippen molar-refractivity contribution < 1.29 is 34.1 Å². The Kier molecular flexibility index (Phi) is 11.0. The Morgan fingerprint density at radius 3 is 2.35 bits per heavy atom. The molecule has 2 atom stereocenters. The molecule has 0 spiro atoms. The monoisotopic (exact) mass is 737 g/mol. The van der Waals surface area contributed by atoms with Crippen molar-refractivity contribution in [3.05, 3.63) is 52.0 Å². The van der Waals surface area contributed by atoms with Crippen molar-refractivity contribution in [2.45, 2.75) is 82.0 Å². The van der Waals surface area contributed by atoms with E-state index >= 15 is 0 Å². The minimum Gasteiger partial charge on any atom is -0.507 e. The highest BCUT2D eigenvalue weighted by atomic mass is 79.9. The third-order valence-corrected chi connectivity index (χ3v) is 11.2. The standard InChI is InChI=1S/C35H45BBrN5O7/c36-26-19-22(20-27(37)31(26)43)21-30(32(44)39-14-9-24(10-15-39)41-13-4-3-7-29(41)33(45)46)49-35(48)40-16-11-25(12-17-40)42-18-8-23-5-1-2-6-28(23)38-34(42)47/h1-2,5-6,19-20,24-25,29-30,43H,3-4,7-18,21,36H2,(H,38,47)(H,45,46)/t29-,30+/m0/s1. The number of nitrogens with zero attached hydrogens (tertiary/aromatic N) is 4. The molecule has 0 aromatic heterocycles. The lowest BCUT2D eigenvalue weighted by molar-refractivity contribution is -0.148. The average Bonchev–Trinajstić information content (AvgIpc) is 3.28. The number of nitrogens with one attached hydrogen (secondary N) is 1. The van der Waals surface area contributed by atoms with Crippen molar-refractivity contribution in [3.8, 4) is 5.75 Å². The average molecular weight is 738 g/mol. The van der Waals surface area contributed by atoms with Crippen LogP contribution in [0.4, 0.5) is 15.3 Å². The van der Waals surface area contributed by atoms with E-state index in [0.717, 1.165) is 42.6 Å². The molecule has 2 aromatic carbocycles. The lowest BCUT2D eigenvalue weighted by Gasteiger charge is -2.43. The summed E-state index contributed by atoms with van der Waals surface area (Å²) < 4.78 is 6.51. The number of ether oxygens (including phenoxy) is 1. The smallest absolute Gasteiger partial charge is 0.410 e. The molecule has 0 bridgehead atoms. The van der Waals surface area contributed by atoms with E-state index in [1.54, 1.807) is 29.8 Å². The van der Waals surface area contributed by atoms with Gasteiger partial charge in [0.15, 0.2) is 6.10 Å². The molecular weight excluding hydrogens is 693 g/mol. The van der Waals surface area contributed by atoms with Gasteiger partial charge in [-0.2, -0.15) is 0 Å². The van der Waals surface area contributed by atoms with Crippen molar-refractivity contribution in [2.75, 3.05) is 44.6 Å². The maximum absolute atomic E-state index is 14.0. The quantitative estimate of drug-likeness (QED) is 0.369. The van der Waals surface area contributed by atoms with E-state index in [9.17, 15) is 29.4 Å². The number of piperidine rings is 3. The van der Waals surface area contributed by atoms with Gasteiger partial charge < -0.3 is 35.0 Å². The number of likely N-dealkylation sites (tertiary alicyclic amines) is 3. The predicted octanol–water partition coefficient (Wildman–Crippen LogP) is 2.95. The Labute approximate surface area is 296 Å². The molecule has 0 unspecified atom stereocenters. The van der Waals surface area contributed by atoms with Crippen LogP contribution in [0.3, 0.4) is 0 Å². The fourth-order valence-electron chi connectivity index (χ4n) is 7.89. The van der Waals surface area contributed by atoms with Gasteiger partial charge in [0.25, 0.3) is 5.91 Å². The van der Waals surface area contributed by atoms with Gasteiger partial charge in [0.05, 0.1) is 4.47 Å². The molecule has 4 amide bonds. The van der Waals surface area contributed by atoms with Crippen LogP contribution >= 0.6 is 15.9 Å². The number of aliphatic carboxylic acids is 1. The molecule has 3 saturated heterocycles. The van der Waals surface area contributed by atoms with Crippen LogP contribution in [0.5, 0.6) is 5.75 Å². The minimum atomic E-state index is -1.07. The van der Waals surface area contributed by atoms with Gasteiger partial charge in [-0.3, -0.25) is 14.5 Å². The summed E-state index contributed by atoms with van der Waals surface area (Å²) in [5, 5.41) is 23.1. The summed E-state index contributed by atoms with van der Waals surface area (Å²) in [6, 6.07) is 10.8. The molecule has 12 nitrogen and oxygen atoms in total. The lowest BCUT2D eigenvalue weighted by Crippen LogP contribution is -2.55. The van der Waals surface area contributed by atoms with Crippen LogP contribution in [-0.2, 0) is 27.2 Å². The van der Waals surface area contributed by atoms with E-state index in [0.29, 0.717) is 74.8 Å². The first-order valence-electron chi connectivity index (χ1n) is 17.5. The summed E-state index contributed by atoms with van der Waals surface area (Å²) in [5.74, 6) is -0.949. The largest absolute Gasteiger partial charge is 0.507 e. The van der Waals surface area contributed by atoms with Crippen molar-refractivity contribution in [3.63, 3.8) is 0 Å². The normalized spacial score (nSPS) is 21.8. The number of fused-ring (bicyclic) bond motifs is 1. The number of amides is 4. The zero-order valence-electron chi connectivity index (χ0n) is 28.0. The van der Waals surface area contributed by atoms with Crippen molar-refractivity contribution in [1.29, 1.82) is 0 Å². The van der Waals surface area contributed by atoms with Crippen molar-refractivity contribution >= 4 is 58.9 Å². The number of aromatic hydroxyl groups is 1. The molecule has 0 aliphatic carbocycles.